The van der Waals surface area contributed by atoms with Crippen molar-refractivity contribution in [3.8, 4) is 5.75 Å². The summed E-state index contributed by atoms with van der Waals surface area (Å²) in [6, 6.07) is 20.0. The van der Waals surface area contributed by atoms with E-state index in [0.29, 0.717) is 18.8 Å². The number of sulfonamides is 1. The lowest BCUT2D eigenvalue weighted by Gasteiger charge is -2.34. The Morgan fingerprint density at radius 2 is 1.46 bits per heavy atom. The first-order chi connectivity index (χ1) is 19.5. The fraction of sp³-hybridized carbons (Fsp3) is 0.375. The molecular formula is C32H41N3O5S. The zero-order valence-electron chi connectivity index (χ0n) is 24.8. The standard InChI is InChI=1S/C32H41N3O5S/c1-7-28(32(37)33-23(3)4)34(21-26-17-13-24(5)14-18-26)31(36)22-35(29-11-9-10-12-30(29)40-8-2)41(38,39)27-19-15-25(6)16-20-27/h9-20,23,28H,7-8,21-22H2,1-6H3,(H,33,37)/t28-/m1/s1. The molecule has 2 amide bonds. The van der Waals surface area contributed by atoms with Crippen molar-refractivity contribution in [2.75, 3.05) is 17.5 Å². The summed E-state index contributed by atoms with van der Waals surface area (Å²) >= 11 is 0. The molecule has 0 aliphatic carbocycles. The maximum absolute atomic E-state index is 14.2. The second kappa shape index (κ2) is 14.2. The molecule has 3 rings (SSSR count). The van der Waals surface area contributed by atoms with Crippen LogP contribution in [0.5, 0.6) is 5.75 Å². The van der Waals surface area contributed by atoms with Gasteiger partial charge in [0.05, 0.1) is 17.2 Å². The van der Waals surface area contributed by atoms with Gasteiger partial charge in [0.1, 0.15) is 18.3 Å². The van der Waals surface area contributed by atoms with Crippen molar-refractivity contribution in [2.45, 2.75) is 71.5 Å². The van der Waals surface area contributed by atoms with Gasteiger partial charge in [-0.15, -0.1) is 0 Å². The van der Waals surface area contributed by atoms with E-state index in [4.69, 9.17) is 4.74 Å². The Hall–Kier alpha value is -3.85. The van der Waals surface area contributed by atoms with Gasteiger partial charge in [-0.2, -0.15) is 0 Å². The van der Waals surface area contributed by atoms with Gasteiger partial charge in [-0.1, -0.05) is 66.6 Å². The SMILES string of the molecule is CCOc1ccccc1N(CC(=O)N(Cc1ccc(C)cc1)[C@H](CC)C(=O)NC(C)C)S(=O)(=O)c1ccc(C)cc1. The molecule has 0 aromatic heterocycles. The third-order valence-electron chi connectivity index (χ3n) is 6.61. The van der Waals surface area contributed by atoms with Gasteiger partial charge in [0.2, 0.25) is 11.8 Å². The van der Waals surface area contributed by atoms with E-state index in [1.807, 2.05) is 65.8 Å². The maximum atomic E-state index is 14.2. The molecular weight excluding hydrogens is 538 g/mol. The fourth-order valence-corrected chi connectivity index (χ4v) is 5.91. The zero-order valence-corrected chi connectivity index (χ0v) is 25.6. The van der Waals surface area contributed by atoms with Crippen LogP contribution < -0.4 is 14.4 Å². The molecule has 8 nitrogen and oxygen atoms in total. The Kier molecular flexibility index (Phi) is 10.9. The number of anilines is 1. The van der Waals surface area contributed by atoms with Gasteiger partial charge in [0.25, 0.3) is 10.0 Å². The first kappa shape index (κ1) is 31.7. The molecule has 9 heteroatoms. The molecule has 220 valence electrons. The minimum absolute atomic E-state index is 0.0527. The van der Waals surface area contributed by atoms with Crippen LogP contribution in [0.2, 0.25) is 0 Å². The smallest absolute Gasteiger partial charge is 0.264 e. The number of rotatable bonds is 13. The lowest BCUT2D eigenvalue weighted by Crippen LogP contribution is -2.53. The Morgan fingerprint density at radius 1 is 0.878 bits per heavy atom. The van der Waals surface area contributed by atoms with E-state index < -0.39 is 28.5 Å². The van der Waals surface area contributed by atoms with Crippen molar-refractivity contribution in [3.63, 3.8) is 0 Å². The molecule has 0 saturated heterocycles. The molecule has 0 fully saturated rings. The van der Waals surface area contributed by atoms with Gasteiger partial charge in [0.15, 0.2) is 0 Å². The average Bonchev–Trinajstić information content (AvgIpc) is 2.93. The zero-order chi connectivity index (χ0) is 30.2. The number of aryl methyl sites for hydroxylation is 2. The van der Waals surface area contributed by atoms with Crippen molar-refractivity contribution < 1.29 is 22.7 Å². The molecule has 1 N–H and O–H groups in total. The molecule has 41 heavy (non-hydrogen) atoms. The van der Waals surface area contributed by atoms with Crippen molar-refractivity contribution in [1.29, 1.82) is 0 Å². The van der Waals surface area contributed by atoms with Gasteiger partial charge >= 0.3 is 0 Å². The van der Waals surface area contributed by atoms with Crippen LogP contribution in [0.1, 0.15) is 50.8 Å². The fourth-order valence-electron chi connectivity index (χ4n) is 4.48. The summed E-state index contributed by atoms with van der Waals surface area (Å²) in [5, 5.41) is 2.91. The van der Waals surface area contributed by atoms with Gasteiger partial charge in [0, 0.05) is 12.6 Å². The third kappa shape index (κ3) is 8.10. The molecule has 0 aliphatic heterocycles. The summed E-state index contributed by atoms with van der Waals surface area (Å²) in [4.78, 5) is 29.0. The van der Waals surface area contributed by atoms with Gasteiger partial charge < -0.3 is 15.0 Å². The van der Waals surface area contributed by atoms with Crippen LogP contribution in [-0.4, -0.2) is 50.4 Å². The lowest BCUT2D eigenvalue weighted by atomic mass is 10.1. The quantitative estimate of drug-likeness (QED) is 0.299. The van der Waals surface area contributed by atoms with Crippen LogP contribution in [0, 0.1) is 13.8 Å². The number of hydrogen-bond donors (Lipinski definition) is 1. The predicted molar refractivity (Wildman–Crippen MR) is 162 cm³/mol. The third-order valence-corrected chi connectivity index (χ3v) is 8.39. The van der Waals surface area contributed by atoms with Crippen LogP contribution in [0.4, 0.5) is 5.69 Å². The summed E-state index contributed by atoms with van der Waals surface area (Å²) in [7, 11) is -4.19. The molecule has 0 spiro atoms. The summed E-state index contributed by atoms with van der Waals surface area (Å²) in [5.74, 6) is -0.447. The first-order valence-electron chi connectivity index (χ1n) is 13.9. The predicted octanol–water partition coefficient (Wildman–Crippen LogP) is 5.23. The van der Waals surface area contributed by atoms with Crippen molar-refractivity contribution >= 4 is 27.5 Å². The molecule has 0 radical (unpaired) electrons. The largest absolute Gasteiger partial charge is 0.492 e. The van der Waals surface area contributed by atoms with Crippen molar-refractivity contribution in [2.24, 2.45) is 0 Å². The summed E-state index contributed by atoms with van der Waals surface area (Å²) in [5.41, 5.74) is 3.06. The second-order valence-corrected chi connectivity index (χ2v) is 12.2. The molecule has 0 bridgehead atoms. The first-order valence-corrected chi connectivity index (χ1v) is 15.4. The van der Waals surface area contributed by atoms with E-state index >= 15 is 0 Å². The number of nitrogens with one attached hydrogen (secondary N) is 1. The normalized spacial score (nSPS) is 12.1. The molecule has 0 unspecified atom stereocenters. The molecule has 0 saturated carbocycles. The summed E-state index contributed by atoms with van der Waals surface area (Å²) in [6.07, 6.45) is 0.358. The number of nitrogens with zero attached hydrogens (tertiary/aromatic N) is 2. The number of ether oxygens (including phenoxy) is 1. The minimum atomic E-state index is -4.19. The van der Waals surface area contributed by atoms with Crippen LogP contribution in [0.15, 0.2) is 77.7 Å². The lowest BCUT2D eigenvalue weighted by molar-refractivity contribution is -0.140. The van der Waals surface area contributed by atoms with Crippen molar-refractivity contribution in [3.05, 3.63) is 89.5 Å². The van der Waals surface area contributed by atoms with Crippen LogP contribution >= 0.6 is 0 Å². The number of amides is 2. The van der Waals surface area contributed by atoms with E-state index in [0.717, 1.165) is 21.0 Å². The van der Waals surface area contributed by atoms with Crippen LogP contribution in [0.25, 0.3) is 0 Å². The van der Waals surface area contributed by atoms with E-state index in [1.54, 1.807) is 36.4 Å². The van der Waals surface area contributed by atoms with Crippen LogP contribution in [-0.2, 0) is 26.2 Å². The molecule has 3 aromatic carbocycles. The minimum Gasteiger partial charge on any atom is -0.492 e. The topological polar surface area (TPSA) is 96.0 Å². The number of benzene rings is 3. The highest BCUT2D eigenvalue weighted by Gasteiger charge is 2.34. The Bertz CT molecular complexity index is 1420. The molecule has 3 aromatic rings. The van der Waals surface area contributed by atoms with E-state index in [-0.39, 0.29) is 29.1 Å². The van der Waals surface area contributed by atoms with Gasteiger partial charge in [-0.25, -0.2) is 8.42 Å². The van der Waals surface area contributed by atoms with Gasteiger partial charge in [-0.05, 0) is 70.9 Å². The van der Waals surface area contributed by atoms with Crippen molar-refractivity contribution in [1.82, 2.24) is 10.2 Å². The molecule has 0 aliphatic rings. The molecule has 1 atom stereocenters. The van der Waals surface area contributed by atoms with Crippen LogP contribution in [0.3, 0.4) is 0 Å². The number of hydrogen-bond acceptors (Lipinski definition) is 5. The molecule has 0 heterocycles. The van der Waals surface area contributed by atoms with E-state index in [2.05, 4.69) is 5.32 Å². The number of carbonyl (C=O) groups is 2. The summed E-state index contributed by atoms with van der Waals surface area (Å²) < 4.78 is 35.0. The number of para-hydroxylation sites is 2. The highest BCUT2D eigenvalue weighted by Crippen LogP contribution is 2.33. The Morgan fingerprint density at radius 3 is 2.02 bits per heavy atom. The van der Waals surface area contributed by atoms with E-state index in [9.17, 15) is 18.0 Å². The van der Waals surface area contributed by atoms with E-state index in [1.165, 1.54) is 17.0 Å². The average molecular weight is 580 g/mol. The number of carbonyl (C=O) groups excluding carboxylic acids is 2. The maximum Gasteiger partial charge on any atom is 0.264 e. The Balaban J connectivity index is 2.11. The highest BCUT2D eigenvalue weighted by molar-refractivity contribution is 7.92. The monoisotopic (exact) mass is 579 g/mol. The Labute approximate surface area is 244 Å². The summed E-state index contributed by atoms with van der Waals surface area (Å²) in [6.45, 7) is 11.2. The van der Waals surface area contributed by atoms with Gasteiger partial charge in [-0.3, -0.25) is 13.9 Å². The second-order valence-electron chi connectivity index (χ2n) is 10.3. The highest BCUT2D eigenvalue weighted by atomic mass is 32.2.